The first kappa shape index (κ1) is 33.3. The molecule has 9 rings (SSSR count). The molecule has 56 heavy (non-hydrogen) atoms. The Morgan fingerprint density at radius 3 is 0.571 bits per heavy atom. The quantitative estimate of drug-likeness (QED) is 0.150. The summed E-state index contributed by atoms with van der Waals surface area (Å²) in [6, 6.07) is 45.3. The number of fused-ring (bicyclic) bond motifs is 20. The van der Waals surface area contributed by atoms with E-state index >= 15 is 0 Å². The van der Waals surface area contributed by atoms with E-state index in [1.807, 2.05) is 146 Å². The summed E-state index contributed by atoms with van der Waals surface area (Å²) in [6.07, 6.45) is 0. The van der Waals surface area contributed by atoms with Gasteiger partial charge in [-0.3, -0.25) is 0 Å². The fourth-order valence-corrected chi connectivity index (χ4v) is 5.69. The molecule has 0 spiro atoms. The molecule has 0 saturated carbocycles. The fraction of sp³-hybridized carbons (Fsp3) is 0. The van der Waals surface area contributed by atoms with Crippen LogP contribution in [0, 0.1) is 47.4 Å². The van der Waals surface area contributed by atoms with Gasteiger partial charge in [0.15, 0.2) is 0 Å². The summed E-state index contributed by atoms with van der Waals surface area (Å²) >= 11 is 0. The molecule has 0 saturated heterocycles. The van der Waals surface area contributed by atoms with Gasteiger partial charge >= 0.3 is 0 Å². The van der Waals surface area contributed by atoms with Gasteiger partial charge in [0.2, 0.25) is 0 Å². The molecular weight excluding hydrogens is 689 g/mol. The van der Waals surface area contributed by atoms with Crippen LogP contribution in [0.1, 0.15) is 45.6 Å². The molecule has 1 aliphatic rings. The Hall–Kier alpha value is -8.56. The molecule has 0 fully saturated rings. The highest BCUT2D eigenvalue weighted by Gasteiger charge is 2.09. The average molecular weight is 713 g/mol. The Kier molecular flexibility index (Phi) is 9.03. The van der Waals surface area contributed by atoms with Gasteiger partial charge in [0.25, 0.3) is 0 Å². The Bertz CT molecular complexity index is 2690. The van der Waals surface area contributed by atoms with Crippen LogP contribution in [0.5, 0.6) is 0 Å². The van der Waals surface area contributed by atoms with Crippen molar-refractivity contribution in [3.8, 4) is 92.9 Å². The van der Waals surface area contributed by atoms with Crippen LogP contribution in [0.3, 0.4) is 0 Å². The van der Waals surface area contributed by atoms with Crippen molar-refractivity contribution in [3.63, 3.8) is 0 Å². The minimum Gasteiger partial charge on any atom is -0.245 e. The maximum Gasteiger partial charge on any atom is 0.115 e. The smallest absolute Gasteiger partial charge is 0.115 e. The first-order valence-corrected chi connectivity index (χ1v) is 17.5. The van der Waals surface area contributed by atoms with Crippen LogP contribution < -0.4 is 0 Å². The van der Waals surface area contributed by atoms with E-state index in [0.29, 0.717) is 91.1 Å². The summed E-state index contributed by atoms with van der Waals surface area (Å²) < 4.78 is 0. The summed E-state index contributed by atoms with van der Waals surface area (Å²) in [4.78, 5) is 38.2. The van der Waals surface area contributed by atoms with Crippen LogP contribution in [0.4, 0.5) is 0 Å². The lowest BCUT2D eigenvalue weighted by Crippen LogP contribution is -1.95. The van der Waals surface area contributed by atoms with E-state index in [-0.39, 0.29) is 0 Å². The Labute approximate surface area is 322 Å². The number of nitrogens with zero attached hydrogens (tertiary/aromatic N) is 8. The summed E-state index contributed by atoms with van der Waals surface area (Å²) in [5.41, 5.74) is 10.1. The molecular formula is C48H24N8. The van der Waals surface area contributed by atoms with E-state index in [2.05, 4.69) is 57.3 Å². The molecule has 0 radical (unpaired) electrons. The second kappa shape index (κ2) is 15.2. The second-order valence-electron chi connectivity index (χ2n) is 12.3. The largest absolute Gasteiger partial charge is 0.245 e. The molecule has 8 aromatic rings. The first-order chi connectivity index (χ1) is 27.7. The lowest BCUT2D eigenvalue weighted by molar-refractivity contribution is 1.20. The van der Waals surface area contributed by atoms with E-state index in [9.17, 15) is 0 Å². The maximum atomic E-state index is 4.88. The molecule has 0 N–H and O–H groups in total. The number of hydrogen-bond acceptors (Lipinski definition) is 8. The van der Waals surface area contributed by atoms with Crippen LogP contribution in [0.2, 0.25) is 0 Å². The lowest BCUT2D eigenvalue weighted by Gasteiger charge is -2.05. The van der Waals surface area contributed by atoms with E-state index in [1.54, 1.807) is 0 Å². The molecule has 8 aromatic heterocycles. The van der Waals surface area contributed by atoms with Crippen molar-refractivity contribution in [1.29, 1.82) is 0 Å². The molecule has 1 aliphatic heterocycles. The van der Waals surface area contributed by atoms with Crippen molar-refractivity contribution in [1.82, 2.24) is 39.9 Å². The predicted molar refractivity (Wildman–Crippen MR) is 214 cm³/mol. The van der Waals surface area contributed by atoms with Crippen molar-refractivity contribution in [3.05, 3.63) is 191 Å². The van der Waals surface area contributed by atoms with Gasteiger partial charge in [-0.1, -0.05) is 48.5 Å². The fourth-order valence-electron chi connectivity index (χ4n) is 5.69. The van der Waals surface area contributed by atoms with E-state index in [1.165, 1.54) is 0 Å². The zero-order chi connectivity index (χ0) is 37.5. The SMILES string of the molecule is C1#Cc2cccc(n2)-c2cccc(n2)-c2cccc(n2)C#Cc2cccc(n2)C#Cc2cccc(n2)-c2cccc(n2)-c2cccc(n2)C#Cc2cccc1n2. The molecule has 0 unspecified atom stereocenters. The van der Waals surface area contributed by atoms with Crippen molar-refractivity contribution in [2.24, 2.45) is 0 Å². The van der Waals surface area contributed by atoms with Gasteiger partial charge in [0.05, 0.1) is 45.6 Å². The minimum atomic E-state index is 0.569. The van der Waals surface area contributed by atoms with Crippen molar-refractivity contribution < 1.29 is 0 Å². The van der Waals surface area contributed by atoms with Gasteiger partial charge < -0.3 is 0 Å². The monoisotopic (exact) mass is 712 g/mol. The van der Waals surface area contributed by atoms with Crippen molar-refractivity contribution in [2.75, 3.05) is 0 Å². The second-order valence-corrected chi connectivity index (χ2v) is 12.3. The lowest BCUT2D eigenvalue weighted by atomic mass is 10.1. The molecule has 9 heterocycles. The maximum absolute atomic E-state index is 4.88. The molecule has 16 bridgehead atoms. The first-order valence-electron chi connectivity index (χ1n) is 17.5. The third-order valence-electron chi connectivity index (χ3n) is 8.32. The molecule has 0 atom stereocenters. The van der Waals surface area contributed by atoms with Crippen LogP contribution in [-0.4, -0.2) is 39.9 Å². The Morgan fingerprint density at radius 1 is 0.179 bits per heavy atom. The highest BCUT2D eigenvalue weighted by molar-refractivity contribution is 5.64. The summed E-state index contributed by atoms with van der Waals surface area (Å²) in [7, 11) is 0. The van der Waals surface area contributed by atoms with E-state index in [0.717, 1.165) is 0 Å². The Balaban J connectivity index is 1.12. The van der Waals surface area contributed by atoms with Crippen molar-refractivity contribution in [2.45, 2.75) is 0 Å². The predicted octanol–water partition coefficient (Wildman–Crippen LogP) is 7.43. The molecule has 0 aliphatic carbocycles. The van der Waals surface area contributed by atoms with Gasteiger partial charge in [-0.05, 0) is 144 Å². The van der Waals surface area contributed by atoms with E-state index in [4.69, 9.17) is 29.9 Å². The van der Waals surface area contributed by atoms with Crippen LogP contribution in [-0.2, 0) is 0 Å². The third kappa shape index (κ3) is 7.77. The van der Waals surface area contributed by atoms with Crippen molar-refractivity contribution >= 4 is 0 Å². The number of hydrogen-bond donors (Lipinski definition) is 0. The molecule has 8 heteroatoms. The topological polar surface area (TPSA) is 103 Å². The average Bonchev–Trinajstić information content (AvgIpc) is 3.27. The zero-order valence-corrected chi connectivity index (χ0v) is 29.4. The molecule has 0 amide bonds. The summed E-state index contributed by atoms with van der Waals surface area (Å²) in [5, 5.41) is 0. The highest BCUT2D eigenvalue weighted by atomic mass is 14.8. The van der Waals surface area contributed by atoms with Gasteiger partial charge in [-0.25, -0.2) is 39.9 Å². The molecule has 256 valence electrons. The minimum absolute atomic E-state index is 0.569. The summed E-state index contributed by atoms with van der Waals surface area (Å²) in [6.45, 7) is 0. The van der Waals surface area contributed by atoms with Crippen LogP contribution in [0.25, 0.3) is 45.6 Å². The third-order valence-corrected chi connectivity index (χ3v) is 8.32. The van der Waals surface area contributed by atoms with Gasteiger partial charge in [-0.15, -0.1) is 0 Å². The Morgan fingerprint density at radius 2 is 0.339 bits per heavy atom. The van der Waals surface area contributed by atoms with Gasteiger partial charge in [-0.2, -0.15) is 0 Å². The number of aromatic nitrogens is 8. The molecule has 0 aromatic carbocycles. The van der Waals surface area contributed by atoms with Gasteiger partial charge in [0, 0.05) is 0 Å². The number of pyridine rings is 8. The van der Waals surface area contributed by atoms with Crippen LogP contribution in [0.15, 0.2) is 146 Å². The normalized spacial score (nSPS) is 10.9. The standard InChI is InChI=1S/C48H24N8/c1-9-33-25-29-37-13-3-17-41(51-37)45-21-7-23-47(55-45)43-19-5-15-39(53-43)31-27-35-11-2-12-36(50-35)28-32-40-16-6-20-44(54-40)48-24-8-22-46(56-48)42-18-4-14-38(52-42)30-26-34(10-1)49-33/h1-24H. The van der Waals surface area contributed by atoms with Crippen LogP contribution >= 0.6 is 0 Å². The van der Waals surface area contributed by atoms with Gasteiger partial charge in [0.1, 0.15) is 45.6 Å². The zero-order valence-electron chi connectivity index (χ0n) is 29.4. The highest BCUT2D eigenvalue weighted by Crippen LogP contribution is 2.22. The van der Waals surface area contributed by atoms with E-state index < -0.39 is 0 Å². The number of rotatable bonds is 0. The summed E-state index contributed by atoms with van der Waals surface area (Å²) in [5.74, 6) is 25.1. The molecule has 8 nitrogen and oxygen atoms in total.